The van der Waals surface area contributed by atoms with Crippen LogP contribution in [-0.2, 0) is 24.3 Å². The molecule has 1 aromatic carbocycles. The van der Waals surface area contributed by atoms with Crippen molar-refractivity contribution >= 4 is 22.0 Å². The van der Waals surface area contributed by atoms with E-state index in [0.717, 1.165) is 12.7 Å². The molecular formula is C13H17NO6S. The van der Waals surface area contributed by atoms with Crippen molar-refractivity contribution in [2.45, 2.75) is 24.8 Å². The van der Waals surface area contributed by atoms with Gasteiger partial charge in [-0.3, -0.25) is 9.59 Å². The van der Waals surface area contributed by atoms with Crippen molar-refractivity contribution < 1.29 is 27.9 Å². The zero-order valence-corrected chi connectivity index (χ0v) is 12.8. The van der Waals surface area contributed by atoms with Crippen molar-refractivity contribution in [1.82, 2.24) is 4.31 Å². The minimum Gasteiger partial charge on any atom is -0.480 e. The minimum atomic E-state index is -4.12. The van der Waals surface area contributed by atoms with Crippen LogP contribution in [0.4, 0.5) is 0 Å². The van der Waals surface area contributed by atoms with Crippen molar-refractivity contribution in [3.05, 3.63) is 29.8 Å². The largest absolute Gasteiger partial charge is 0.480 e. The van der Waals surface area contributed by atoms with E-state index in [1.165, 1.54) is 19.1 Å². The Labute approximate surface area is 123 Å². The summed E-state index contributed by atoms with van der Waals surface area (Å²) in [5, 5.41) is 9.03. The van der Waals surface area contributed by atoms with E-state index < -0.39 is 34.5 Å². The van der Waals surface area contributed by atoms with E-state index >= 15 is 0 Å². The van der Waals surface area contributed by atoms with Crippen LogP contribution in [0.1, 0.15) is 12.5 Å². The van der Waals surface area contributed by atoms with Crippen molar-refractivity contribution in [3.8, 4) is 0 Å². The fourth-order valence-corrected chi connectivity index (χ4v) is 3.12. The van der Waals surface area contributed by atoms with Crippen LogP contribution in [-0.4, -0.2) is 49.5 Å². The van der Waals surface area contributed by atoms with Crippen LogP contribution >= 0.6 is 0 Å². The summed E-state index contributed by atoms with van der Waals surface area (Å²) in [6.07, 6.45) is 0. The molecule has 0 aliphatic rings. The monoisotopic (exact) mass is 315 g/mol. The summed E-state index contributed by atoms with van der Waals surface area (Å²) >= 11 is 0. The highest BCUT2D eigenvalue weighted by molar-refractivity contribution is 7.89. The molecule has 0 heterocycles. The minimum absolute atomic E-state index is 0.0786. The molecule has 1 atom stereocenters. The number of carboxylic acids is 1. The molecule has 0 aromatic heterocycles. The van der Waals surface area contributed by atoms with Crippen molar-refractivity contribution in [2.75, 3.05) is 13.7 Å². The van der Waals surface area contributed by atoms with Gasteiger partial charge in [-0.15, -0.1) is 0 Å². The molecule has 21 heavy (non-hydrogen) atoms. The Kier molecular flexibility index (Phi) is 5.45. The number of carbonyl (C=O) groups excluding carboxylic acids is 1. The molecule has 0 unspecified atom stereocenters. The highest BCUT2D eigenvalue weighted by Crippen LogP contribution is 2.19. The smallest absolute Gasteiger partial charge is 0.321 e. The first-order chi connectivity index (χ1) is 9.70. The van der Waals surface area contributed by atoms with Gasteiger partial charge in [0.25, 0.3) is 0 Å². The number of esters is 1. The van der Waals surface area contributed by atoms with Gasteiger partial charge < -0.3 is 9.84 Å². The molecule has 116 valence electrons. The predicted octanol–water partition coefficient (Wildman–Crippen LogP) is 0.632. The number of hydrogen-bond acceptors (Lipinski definition) is 5. The van der Waals surface area contributed by atoms with Gasteiger partial charge in [0.1, 0.15) is 12.6 Å². The van der Waals surface area contributed by atoms with Gasteiger partial charge in [-0.05, 0) is 26.0 Å². The number of benzene rings is 1. The number of hydrogen-bond donors (Lipinski definition) is 1. The van der Waals surface area contributed by atoms with Crippen molar-refractivity contribution in [2.24, 2.45) is 0 Å². The molecule has 0 fully saturated rings. The molecule has 0 spiro atoms. The van der Waals surface area contributed by atoms with Crippen LogP contribution in [0.3, 0.4) is 0 Å². The Hall–Kier alpha value is -1.93. The average Bonchev–Trinajstić information content (AvgIpc) is 2.43. The van der Waals surface area contributed by atoms with Gasteiger partial charge in [0, 0.05) is 0 Å². The van der Waals surface area contributed by atoms with E-state index in [1.807, 2.05) is 0 Å². The first kappa shape index (κ1) is 17.1. The van der Waals surface area contributed by atoms with Crippen LogP contribution in [0.15, 0.2) is 29.2 Å². The number of aryl methyl sites for hydroxylation is 1. The Morgan fingerprint density at radius 3 is 2.24 bits per heavy atom. The summed E-state index contributed by atoms with van der Waals surface area (Å²) in [5.41, 5.74) is 0.861. The van der Waals surface area contributed by atoms with Crippen LogP contribution in [0.5, 0.6) is 0 Å². The number of ether oxygens (including phenoxy) is 1. The lowest BCUT2D eigenvalue weighted by Gasteiger charge is -2.24. The highest BCUT2D eigenvalue weighted by Gasteiger charge is 2.34. The van der Waals surface area contributed by atoms with Crippen LogP contribution in [0.25, 0.3) is 0 Å². The quantitative estimate of drug-likeness (QED) is 0.773. The molecule has 1 aromatic rings. The first-order valence-electron chi connectivity index (χ1n) is 6.08. The Morgan fingerprint density at radius 1 is 1.29 bits per heavy atom. The topological polar surface area (TPSA) is 101 Å². The number of carbonyl (C=O) groups is 2. The molecule has 0 saturated carbocycles. The van der Waals surface area contributed by atoms with Crippen molar-refractivity contribution in [1.29, 1.82) is 0 Å². The summed E-state index contributed by atoms with van der Waals surface area (Å²) in [6, 6.07) is 4.52. The number of sulfonamides is 1. The summed E-state index contributed by atoms with van der Waals surface area (Å²) in [7, 11) is -3.01. The lowest BCUT2D eigenvalue weighted by Crippen LogP contribution is -2.46. The van der Waals surface area contributed by atoms with E-state index in [9.17, 15) is 18.0 Å². The first-order valence-corrected chi connectivity index (χ1v) is 7.52. The maximum Gasteiger partial charge on any atom is 0.321 e. The molecule has 0 aliphatic heterocycles. The van der Waals surface area contributed by atoms with E-state index in [0.29, 0.717) is 4.31 Å². The molecule has 8 heteroatoms. The van der Waals surface area contributed by atoms with Gasteiger partial charge in [-0.25, -0.2) is 8.42 Å². The summed E-state index contributed by atoms with van der Waals surface area (Å²) in [6.45, 7) is 2.32. The Bertz CT molecular complexity index is 623. The molecule has 0 radical (unpaired) electrons. The zero-order valence-electron chi connectivity index (χ0n) is 11.9. The molecule has 0 saturated heterocycles. The molecule has 0 amide bonds. The Balaban J connectivity index is 3.25. The standard InChI is InChI=1S/C13H17NO6S/c1-9-4-6-11(7-5-9)21(18,19)14(8-12(15)20-3)10(2)13(16)17/h4-7,10H,8H2,1-3H3,(H,16,17)/t10-/m1/s1. The highest BCUT2D eigenvalue weighted by atomic mass is 32.2. The average molecular weight is 315 g/mol. The molecule has 1 rings (SSSR count). The van der Waals surface area contributed by atoms with E-state index in [1.54, 1.807) is 19.1 Å². The number of rotatable bonds is 6. The summed E-state index contributed by atoms with van der Waals surface area (Å²) in [4.78, 5) is 22.4. The van der Waals surface area contributed by atoms with Crippen LogP contribution in [0.2, 0.25) is 0 Å². The predicted molar refractivity (Wildman–Crippen MR) is 74.2 cm³/mol. The SMILES string of the molecule is COC(=O)CN([C@H](C)C(=O)O)S(=O)(=O)c1ccc(C)cc1. The van der Waals surface area contributed by atoms with E-state index in [2.05, 4.69) is 4.74 Å². The summed E-state index contributed by atoms with van der Waals surface area (Å²) in [5.74, 6) is -2.19. The second-order valence-electron chi connectivity index (χ2n) is 4.45. The van der Waals surface area contributed by atoms with Gasteiger partial charge in [0.15, 0.2) is 0 Å². The zero-order chi connectivity index (χ0) is 16.2. The number of methoxy groups -OCH3 is 1. The fourth-order valence-electron chi connectivity index (χ4n) is 1.59. The molecule has 7 nitrogen and oxygen atoms in total. The molecule has 0 aliphatic carbocycles. The fraction of sp³-hybridized carbons (Fsp3) is 0.385. The molecular weight excluding hydrogens is 298 g/mol. The van der Waals surface area contributed by atoms with E-state index in [4.69, 9.17) is 5.11 Å². The van der Waals surface area contributed by atoms with Crippen LogP contribution < -0.4 is 0 Å². The third kappa shape index (κ3) is 4.02. The lowest BCUT2D eigenvalue weighted by molar-refractivity contribution is -0.144. The molecule has 0 bridgehead atoms. The third-order valence-corrected chi connectivity index (χ3v) is 4.86. The Morgan fingerprint density at radius 2 is 1.81 bits per heavy atom. The number of nitrogens with zero attached hydrogens (tertiary/aromatic N) is 1. The lowest BCUT2D eigenvalue weighted by atomic mass is 10.2. The molecule has 1 N–H and O–H groups in total. The van der Waals surface area contributed by atoms with E-state index in [-0.39, 0.29) is 4.90 Å². The van der Waals surface area contributed by atoms with Gasteiger partial charge in [-0.1, -0.05) is 17.7 Å². The normalized spacial score (nSPS) is 13.0. The van der Waals surface area contributed by atoms with Gasteiger partial charge in [0.2, 0.25) is 10.0 Å². The number of carboxylic acid groups (broad SMARTS) is 1. The van der Waals surface area contributed by atoms with Gasteiger partial charge >= 0.3 is 11.9 Å². The van der Waals surface area contributed by atoms with Crippen LogP contribution in [0, 0.1) is 6.92 Å². The number of aliphatic carboxylic acids is 1. The second-order valence-corrected chi connectivity index (χ2v) is 6.34. The second kappa shape index (κ2) is 6.68. The van der Waals surface area contributed by atoms with Gasteiger partial charge in [0.05, 0.1) is 12.0 Å². The maximum atomic E-state index is 12.5. The van der Waals surface area contributed by atoms with Crippen molar-refractivity contribution in [3.63, 3.8) is 0 Å². The summed E-state index contributed by atoms with van der Waals surface area (Å²) < 4.78 is 30.0. The maximum absolute atomic E-state index is 12.5. The third-order valence-electron chi connectivity index (χ3n) is 2.93. The van der Waals surface area contributed by atoms with Gasteiger partial charge in [-0.2, -0.15) is 4.31 Å².